The molecule has 0 aliphatic heterocycles. The van der Waals surface area contributed by atoms with Crippen molar-refractivity contribution in [2.45, 2.75) is 13.8 Å². The van der Waals surface area contributed by atoms with E-state index in [4.69, 9.17) is 9.47 Å². The summed E-state index contributed by atoms with van der Waals surface area (Å²) in [4.78, 5) is 11.4. The molecule has 5 heteroatoms. The minimum Gasteiger partial charge on any atom is -0.481 e. The number of rotatable bonds is 3. The third-order valence-corrected chi connectivity index (χ3v) is 1.88. The molecule has 0 aromatic carbocycles. The standard InChI is InChI=1S/C9H14N2O3/c1-5-14-9(12)7-6(2)8(13-4)11(3)10-7/h5H2,1-4H3. The van der Waals surface area contributed by atoms with E-state index in [0.717, 1.165) is 0 Å². The van der Waals surface area contributed by atoms with Gasteiger partial charge in [0.2, 0.25) is 5.88 Å². The first-order valence-electron chi connectivity index (χ1n) is 4.36. The zero-order valence-electron chi connectivity index (χ0n) is 8.83. The fourth-order valence-electron chi connectivity index (χ4n) is 1.29. The van der Waals surface area contributed by atoms with Crippen molar-refractivity contribution in [1.29, 1.82) is 0 Å². The summed E-state index contributed by atoms with van der Waals surface area (Å²) >= 11 is 0. The molecule has 78 valence electrons. The molecule has 0 aliphatic rings. The van der Waals surface area contributed by atoms with Gasteiger partial charge in [-0.15, -0.1) is 0 Å². The van der Waals surface area contributed by atoms with Crippen molar-refractivity contribution in [3.63, 3.8) is 0 Å². The quantitative estimate of drug-likeness (QED) is 0.677. The van der Waals surface area contributed by atoms with Crippen LogP contribution in [0.4, 0.5) is 0 Å². The van der Waals surface area contributed by atoms with Crippen LogP contribution < -0.4 is 4.74 Å². The molecule has 0 amide bonds. The molecule has 1 aromatic heterocycles. The molecule has 1 heterocycles. The van der Waals surface area contributed by atoms with E-state index in [9.17, 15) is 4.79 Å². The average molecular weight is 198 g/mol. The van der Waals surface area contributed by atoms with Gasteiger partial charge in [0.25, 0.3) is 0 Å². The summed E-state index contributed by atoms with van der Waals surface area (Å²) in [6.45, 7) is 3.88. The van der Waals surface area contributed by atoms with Crippen molar-refractivity contribution < 1.29 is 14.3 Å². The van der Waals surface area contributed by atoms with E-state index in [-0.39, 0.29) is 0 Å². The Hall–Kier alpha value is -1.52. The maximum atomic E-state index is 11.4. The van der Waals surface area contributed by atoms with Crippen LogP contribution in [-0.2, 0) is 11.8 Å². The van der Waals surface area contributed by atoms with Crippen molar-refractivity contribution in [2.24, 2.45) is 7.05 Å². The highest BCUT2D eigenvalue weighted by molar-refractivity contribution is 5.89. The normalized spacial score (nSPS) is 10.0. The number of esters is 1. The number of carbonyl (C=O) groups is 1. The Morgan fingerprint density at radius 1 is 1.57 bits per heavy atom. The van der Waals surface area contributed by atoms with E-state index >= 15 is 0 Å². The molecule has 0 aliphatic carbocycles. The molecule has 1 rings (SSSR count). The van der Waals surface area contributed by atoms with E-state index in [2.05, 4.69) is 5.10 Å². The Kier molecular flexibility index (Phi) is 3.11. The number of nitrogens with zero attached hydrogens (tertiary/aromatic N) is 2. The van der Waals surface area contributed by atoms with Gasteiger partial charge in [-0.1, -0.05) is 0 Å². The lowest BCUT2D eigenvalue weighted by Gasteiger charge is -1.99. The Morgan fingerprint density at radius 2 is 2.21 bits per heavy atom. The zero-order valence-corrected chi connectivity index (χ0v) is 8.83. The molecule has 0 fully saturated rings. The van der Waals surface area contributed by atoms with Crippen LogP contribution in [-0.4, -0.2) is 29.5 Å². The number of hydrogen-bond donors (Lipinski definition) is 0. The van der Waals surface area contributed by atoms with Crippen LogP contribution in [0.2, 0.25) is 0 Å². The van der Waals surface area contributed by atoms with Crippen LogP contribution in [0.25, 0.3) is 0 Å². The summed E-state index contributed by atoms with van der Waals surface area (Å²) in [5.41, 5.74) is 1.01. The molecule has 14 heavy (non-hydrogen) atoms. The first-order chi connectivity index (χ1) is 6.61. The molecule has 0 bridgehead atoms. The highest BCUT2D eigenvalue weighted by Crippen LogP contribution is 2.20. The van der Waals surface area contributed by atoms with Crippen molar-refractivity contribution in [1.82, 2.24) is 9.78 Å². The molecule has 1 aromatic rings. The predicted octanol–water partition coefficient (Wildman–Crippen LogP) is 0.914. The summed E-state index contributed by atoms with van der Waals surface area (Å²) in [6, 6.07) is 0. The molecule has 5 nitrogen and oxygen atoms in total. The maximum absolute atomic E-state index is 11.4. The molecule has 0 atom stereocenters. The van der Waals surface area contributed by atoms with Gasteiger partial charge in [0, 0.05) is 12.6 Å². The Bertz CT molecular complexity index is 344. The number of aryl methyl sites for hydroxylation is 1. The Labute approximate surface area is 82.6 Å². The third-order valence-electron chi connectivity index (χ3n) is 1.88. The molecule has 0 unspecified atom stereocenters. The average Bonchev–Trinajstić information content (AvgIpc) is 2.42. The van der Waals surface area contributed by atoms with Gasteiger partial charge in [-0.3, -0.25) is 0 Å². The van der Waals surface area contributed by atoms with Crippen LogP contribution in [0, 0.1) is 6.92 Å². The highest BCUT2D eigenvalue weighted by atomic mass is 16.5. The van der Waals surface area contributed by atoms with Crippen molar-refractivity contribution in [3.05, 3.63) is 11.3 Å². The maximum Gasteiger partial charge on any atom is 0.359 e. The predicted molar refractivity (Wildman–Crippen MR) is 50.5 cm³/mol. The monoisotopic (exact) mass is 198 g/mol. The second-order valence-electron chi connectivity index (χ2n) is 2.83. The van der Waals surface area contributed by atoms with Crippen molar-refractivity contribution in [2.75, 3.05) is 13.7 Å². The van der Waals surface area contributed by atoms with Crippen molar-refractivity contribution >= 4 is 5.97 Å². The fraction of sp³-hybridized carbons (Fsp3) is 0.556. The number of ether oxygens (including phenoxy) is 2. The minimum atomic E-state index is -0.413. The van der Waals surface area contributed by atoms with Gasteiger partial charge in [0.15, 0.2) is 5.69 Å². The molecule has 0 spiro atoms. The zero-order chi connectivity index (χ0) is 10.7. The lowest BCUT2D eigenvalue weighted by atomic mass is 10.3. The largest absolute Gasteiger partial charge is 0.481 e. The van der Waals surface area contributed by atoms with Gasteiger partial charge in [-0.25, -0.2) is 9.48 Å². The van der Waals surface area contributed by atoms with Gasteiger partial charge in [-0.05, 0) is 13.8 Å². The van der Waals surface area contributed by atoms with Gasteiger partial charge in [-0.2, -0.15) is 5.10 Å². The topological polar surface area (TPSA) is 53.3 Å². The van der Waals surface area contributed by atoms with Crippen LogP contribution in [0.5, 0.6) is 5.88 Å². The molecular weight excluding hydrogens is 184 g/mol. The Balaban J connectivity index is 3.04. The molecular formula is C9H14N2O3. The van der Waals surface area contributed by atoms with Crippen LogP contribution in [0.1, 0.15) is 23.0 Å². The van der Waals surface area contributed by atoms with Gasteiger partial charge < -0.3 is 9.47 Å². The summed E-state index contributed by atoms with van der Waals surface area (Å²) < 4.78 is 11.4. The van der Waals surface area contributed by atoms with E-state index in [0.29, 0.717) is 23.7 Å². The summed E-state index contributed by atoms with van der Waals surface area (Å²) in [5.74, 6) is 0.164. The lowest BCUT2D eigenvalue weighted by molar-refractivity contribution is 0.0517. The molecule has 0 N–H and O–H groups in total. The SMILES string of the molecule is CCOC(=O)c1nn(C)c(OC)c1C. The minimum absolute atomic E-state index is 0.311. The summed E-state index contributed by atoms with van der Waals surface area (Å²) in [6.07, 6.45) is 0. The highest BCUT2D eigenvalue weighted by Gasteiger charge is 2.19. The smallest absolute Gasteiger partial charge is 0.359 e. The summed E-state index contributed by atoms with van der Waals surface area (Å²) in [7, 11) is 3.26. The fourth-order valence-corrected chi connectivity index (χ4v) is 1.29. The van der Waals surface area contributed by atoms with E-state index in [1.165, 1.54) is 4.68 Å². The van der Waals surface area contributed by atoms with Crippen molar-refractivity contribution in [3.8, 4) is 5.88 Å². The molecule has 0 saturated heterocycles. The van der Waals surface area contributed by atoms with Crippen LogP contribution >= 0.6 is 0 Å². The first-order valence-corrected chi connectivity index (χ1v) is 4.36. The number of hydrogen-bond acceptors (Lipinski definition) is 4. The number of carbonyl (C=O) groups excluding carboxylic acids is 1. The second kappa shape index (κ2) is 4.13. The second-order valence-corrected chi connectivity index (χ2v) is 2.83. The molecule has 0 saturated carbocycles. The number of aromatic nitrogens is 2. The summed E-state index contributed by atoms with van der Waals surface area (Å²) in [5, 5.41) is 4.02. The van der Waals surface area contributed by atoms with Crippen LogP contribution in [0.3, 0.4) is 0 Å². The van der Waals surface area contributed by atoms with Gasteiger partial charge in [0.1, 0.15) is 0 Å². The Morgan fingerprint density at radius 3 is 2.64 bits per heavy atom. The molecule has 0 radical (unpaired) electrons. The van der Waals surface area contributed by atoms with E-state index in [1.54, 1.807) is 28.0 Å². The van der Waals surface area contributed by atoms with Gasteiger partial charge >= 0.3 is 5.97 Å². The third kappa shape index (κ3) is 1.71. The number of methoxy groups -OCH3 is 1. The van der Waals surface area contributed by atoms with E-state index < -0.39 is 5.97 Å². The van der Waals surface area contributed by atoms with E-state index in [1.807, 2.05) is 0 Å². The van der Waals surface area contributed by atoms with Gasteiger partial charge in [0.05, 0.1) is 13.7 Å². The van der Waals surface area contributed by atoms with Crippen LogP contribution in [0.15, 0.2) is 0 Å². The lowest BCUT2D eigenvalue weighted by Crippen LogP contribution is -2.07. The first kappa shape index (κ1) is 10.6.